The smallest absolute Gasteiger partial charge is 0.104 e. The molecule has 0 aliphatic rings. The fourth-order valence-electron chi connectivity index (χ4n) is 0. The summed E-state index contributed by atoms with van der Waals surface area (Å²) >= 11 is 3.48. The van der Waals surface area contributed by atoms with E-state index < -0.39 is 0 Å². The minimum atomic E-state index is 0.494. The number of thiol groups is 1. The third-order valence-electron chi connectivity index (χ3n) is 0.158. The van der Waals surface area contributed by atoms with Gasteiger partial charge in [0.15, 0.2) is 0 Å². The first-order valence-electron chi connectivity index (χ1n) is 1.21. The molecule has 0 amide bonds. The van der Waals surface area contributed by atoms with Crippen LogP contribution in [-0.4, -0.2) is 5.84 Å². The largest absolute Gasteiger partial charge is 0.387 e. The highest BCUT2D eigenvalue weighted by Crippen LogP contribution is 1.68. The average molecular weight is 90.2 g/mol. The third-order valence-corrected chi connectivity index (χ3v) is 0.473. The quantitative estimate of drug-likeness (QED) is 0.249. The standard InChI is InChI=1S/C2H6N2S/c1-2(3)4-5/h5H,1H3,(H2,3,4). The van der Waals surface area contributed by atoms with Gasteiger partial charge in [0, 0.05) is 0 Å². The molecule has 5 heavy (non-hydrogen) atoms. The highest BCUT2D eigenvalue weighted by atomic mass is 32.1. The van der Waals surface area contributed by atoms with Crippen LogP contribution in [0.4, 0.5) is 0 Å². The highest BCUT2D eigenvalue weighted by Gasteiger charge is 1.62. The van der Waals surface area contributed by atoms with Crippen LogP contribution in [0.5, 0.6) is 0 Å². The Morgan fingerprint density at radius 2 is 2.20 bits per heavy atom. The van der Waals surface area contributed by atoms with E-state index in [1.807, 2.05) is 0 Å². The zero-order valence-corrected chi connectivity index (χ0v) is 3.87. The maximum absolute atomic E-state index is 4.97. The summed E-state index contributed by atoms with van der Waals surface area (Å²) < 4.78 is 3.28. The Kier molecular flexibility index (Phi) is 2.01. The first kappa shape index (κ1) is 4.82. The van der Waals surface area contributed by atoms with Crippen LogP contribution < -0.4 is 5.73 Å². The average Bonchev–Trinajstić information content (AvgIpc) is 1.38. The Balaban J connectivity index is 3.14. The maximum atomic E-state index is 4.97. The molecule has 0 radical (unpaired) electrons. The van der Waals surface area contributed by atoms with Crippen molar-refractivity contribution in [1.82, 2.24) is 0 Å². The molecule has 0 unspecified atom stereocenters. The Labute approximate surface area is 36.6 Å². The van der Waals surface area contributed by atoms with E-state index in [-0.39, 0.29) is 0 Å². The highest BCUT2D eigenvalue weighted by molar-refractivity contribution is 7.79. The number of nitrogens with zero attached hydrogens (tertiary/aromatic N) is 1. The van der Waals surface area contributed by atoms with Crippen LogP contribution in [0, 0.1) is 0 Å². The van der Waals surface area contributed by atoms with Gasteiger partial charge in [-0.1, -0.05) is 0 Å². The molecule has 0 bridgehead atoms. The summed E-state index contributed by atoms with van der Waals surface area (Å²) in [5.41, 5.74) is 4.97. The SMILES string of the molecule is C/C(N)=N/S. The summed E-state index contributed by atoms with van der Waals surface area (Å²) in [4.78, 5) is 0. The van der Waals surface area contributed by atoms with Crippen molar-refractivity contribution in [2.45, 2.75) is 6.92 Å². The first-order chi connectivity index (χ1) is 2.27. The molecule has 0 atom stereocenters. The molecule has 0 aliphatic carbocycles. The zero-order valence-electron chi connectivity index (χ0n) is 2.97. The normalized spacial score (nSPS) is 12.0. The van der Waals surface area contributed by atoms with Crippen molar-refractivity contribution in [2.75, 3.05) is 0 Å². The van der Waals surface area contributed by atoms with Gasteiger partial charge in [0.2, 0.25) is 0 Å². The molecule has 0 aromatic rings. The fourth-order valence-corrected chi connectivity index (χ4v) is 0. The molecule has 30 valence electrons. The van der Waals surface area contributed by atoms with Crippen molar-refractivity contribution in [3.63, 3.8) is 0 Å². The molecule has 2 N–H and O–H groups in total. The summed E-state index contributed by atoms with van der Waals surface area (Å²) in [5.74, 6) is 0.494. The van der Waals surface area contributed by atoms with Gasteiger partial charge in [-0.2, -0.15) is 0 Å². The van der Waals surface area contributed by atoms with Gasteiger partial charge >= 0.3 is 0 Å². The summed E-state index contributed by atoms with van der Waals surface area (Å²) in [6.45, 7) is 1.67. The molecular formula is C2H6N2S. The number of rotatable bonds is 0. The van der Waals surface area contributed by atoms with Crippen LogP contribution in [0.2, 0.25) is 0 Å². The molecule has 0 heterocycles. The monoisotopic (exact) mass is 90.0 g/mol. The molecule has 0 saturated carbocycles. The van der Waals surface area contributed by atoms with E-state index in [0.29, 0.717) is 5.84 Å². The van der Waals surface area contributed by atoms with Crippen LogP contribution in [0.15, 0.2) is 4.40 Å². The predicted molar refractivity (Wildman–Crippen MR) is 26.3 cm³/mol. The van der Waals surface area contributed by atoms with Crippen molar-refractivity contribution >= 4 is 18.7 Å². The van der Waals surface area contributed by atoms with E-state index in [1.165, 1.54) is 0 Å². The Morgan fingerprint density at radius 1 is 2.00 bits per heavy atom. The van der Waals surface area contributed by atoms with Crippen molar-refractivity contribution in [3.05, 3.63) is 0 Å². The van der Waals surface area contributed by atoms with E-state index in [9.17, 15) is 0 Å². The van der Waals surface area contributed by atoms with Gasteiger partial charge in [0.1, 0.15) is 5.84 Å². The topological polar surface area (TPSA) is 38.4 Å². The van der Waals surface area contributed by atoms with Crippen LogP contribution in [0.1, 0.15) is 6.92 Å². The van der Waals surface area contributed by atoms with Crippen LogP contribution in [-0.2, 0) is 0 Å². The minimum Gasteiger partial charge on any atom is -0.387 e. The maximum Gasteiger partial charge on any atom is 0.104 e. The number of hydrogen-bond donors (Lipinski definition) is 2. The molecule has 3 heteroatoms. The molecule has 0 aromatic carbocycles. The van der Waals surface area contributed by atoms with Gasteiger partial charge in [0.25, 0.3) is 0 Å². The lowest BCUT2D eigenvalue weighted by Crippen LogP contribution is -2.02. The van der Waals surface area contributed by atoms with E-state index >= 15 is 0 Å². The molecule has 2 nitrogen and oxygen atoms in total. The van der Waals surface area contributed by atoms with Gasteiger partial charge < -0.3 is 5.73 Å². The lowest BCUT2D eigenvalue weighted by molar-refractivity contribution is 1.61. The van der Waals surface area contributed by atoms with Gasteiger partial charge in [0.05, 0.1) is 0 Å². The second kappa shape index (κ2) is 2.08. The zero-order chi connectivity index (χ0) is 4.28. The van der Waals surface area contributed by atoms with Gasteiger partial charge in [-0.3, -0.25) is 0 Å². The molecular weight excluding hydrogens is 84.1 g/mol. The summed E-state index contributed by atoms with van der Waals surface area (Å²) in [6, 6.07) is 0. The second-order valence-electron chi connectivity index (χ2n) is 0.741. The lowest BCUT2D eigenvalue weighted by atomic mass is 10.8. The van der Waals surface area contributed by atoms with Crippen molar-refractivity contribution < 1.29 is 0 Å². The summed E-state index contributed by atoms with van der Waals surface area (Å²) in [6.07, 6.45) is 0. The number of amidine groups is 1. The van der Waals surface area contributed by atoms with Crippen LogP contribution in [0.25, 0.3) is 0 Å². The van der Waals surface area contributed by atoms with Gasteiger partial charge in [-0.15, -0.1) is 0 Å². The van der Waals surface area contributed by atoms with Crippen LogP contribution >= 0.6 is 12.8 Å². The Morgan fingerprint density at radius 3 is 2.20 bits per heavy atom. The molecule has 0 fully saturated rings. The van der Waals surface area contributed by atoms with E-state index in [2.05, 4.69) is 17.2 Å². The molecule has 0 aromatic heterocycles. The molecule has 0 saturated heterocycles. The minimum absolute atomic E-state index is 0.494. The van der Waals surface area contributed by atoms with E-state index in [4.69, 9.17) is 5.73 Å². The Bertz CT molecular complexity index is 45.6. The van der Waals surface area contributed by atoms with Crippen molar-refractivity contribution in [2.24, 2.45) is 10.1 Å². The first-order valence-corrected chi connectivity index (χ1v) is 1.61. The fraction of sp³-hybridized carbons (Fsp3) is 0.500. The molecule has 0 aliphatic heterocycles. The lowest BCUT2D eigenvalue weighted by Gasteiger charge is -1.74. The number of nitrogens with two attached hydrogens (primary N) is 1. The Hall–Kier alpha value is -0.180. The van der Waals surface area contributed by atoms with Crippen molar-refractivity contribution in [3.8, 4) is 0 Å². The number of hydrogen-bond acceptors (Lipinski definition) is 2. The summed E-state index contributed by atoms with van der Waals surface area (Å²) in [7, 11) is 0. The molecule has 0 rings (SSSR count). The molecule has 0 spiro atoms. The van der Waals surface area contributed by atoms with Crippen LogP contribution in [0.3, 0.4) is 0 Å². The summed E-state index contributed by atoms with van der Waals surface area (Å²) in [5, 5.41) is 0. The predicted octanol–water partition coefficient (Wildman–Crippen LogP) is 0.208. The third kappa shape index (κ3) is 3.82. The van der Waals surface area contributed by atoms with E-state index in [1.54, 1.807) is 6.92 Å². The van der Waals surface area contributed by atoms with E-state index in [0.717, 1.165) is 0 Å². The van der Waals surface area contributed by atoms with Crippen molar-refractivity contribution in [1.29, 1.82) is 0 Å². The van der Waals surface area contributed by atoms with Gasteiger partial charge in [-0.05, 0) is 19.7 Å². The van der Waals surface area contributed by atoms with Gasteiger partial charge in [-0.25, -0.2) is 4.40 Å². The second-order valence-corrected chi connectivity index (χ2v) is 0.941.